The van der Waals surface area contributed by atoms with Gasteiger partial charge in [-0.15, -0.1) is 0 Å². The Morgan fingerprint density at radius 3 is 2.65 bits per heavy atom. The average Bonchev–Trinajstić information content (AvgIpc) is 2.98. The smallest absolute Gasteiger partial charge is 0.258 e. The van der Waals surface area contributed by atoms with E-state index in [0.717, 1.165) is 5.56 Å². The molecule has 0 aliphatic carbocycles. The molecule has 2 heterocycles. The summed E-state index contributed by atoms with van der Waals surface area (Å²) in [5.41, 5.74) is 1.49. The van der Waals surface area contributed by atoms with Gasteiger partial charge in [0.05, 0.1) is 7.11 Å². The van der Waals surface area contributed by atoms with Gasteiger partial charge < -0.3 is 14.4 Å². The summed E-state index contributed by atoms with van der Waals surface area (Å²) in [5, 5.41) is 13.5. The number of aromatic nitrogens is 3. The van der Waals surface area contributed by atoms with Crippen LogP contribution in [0.5, 0.6) is 11.5 Å². The number of rotatable bonds is 3. The fourth-order valence-electron chi connectivity index (χ4n) is 1.77. The highest BCUT2D eigenvalue weighted by Crippen LogP contribution is 2.31. The fraction of sp³-hybridized carbons (Fsp3) is 0.0714. The molecule has 0 amide bonds. The Morgan fingerprint density at radius 2 is 1.90 bits per heavy atom. The van der Waals surface area contributed by atoms with E-state index < -0.39 is 0 Å². The van der Waals surface area contributed by atoms with Gasteiger partial charge in [-0.2, -0.15) is 4.98 Å². The molecule has 2 aromatic heterocycles. The van der Waals surface area contributed by atoms with Crippen LogP contribution < -0.4 is 4.74 Å². The SMILES string of the molecule is COc1cc(-c2nc(-c3ccncc3)no2)ccc1O. The Hall–Kier alpha value is -2.89. The number of ether oxygens (including phenoxy) is 1. The van der Waals surface area contributed by atoms with Crippen molar-refractivity contribution in [1.82, 2.24) is 15.1 Å². The number of pyridine rings is 1. The number of phenols is 1. The summed E-state index contributed by atoms with van der Waals surface area (Å²) >= 11 is 0. The molecule has 0 aliphatic heterocycles. The highest BCUT2D eigenvalue weighted by atomic mass is 16.5. The van der Waals surface area contributed by atoms with Crippen molar-refractivity contribution in [1.29, 1.82) is 0 Å². The summed E-state index contributed by atoms with van der Waals surface area (Å²) in [6.07, 6.45) is 3.32. The minimum Gasteiger partial charge on any atom is -0.504 e. The predicted molar refractivity (Wildman–Crippen MR) is 71.2 cm³/mol. The summed E-state index contributed by atoms with van der Waals surface area (Å²) in [6.45, 7) is 0. The standard InChI is InChI=1S/C14H11N3O3/c1-19-12-8-10(2-3-11(12)18)14-16-13(17-20-14)9-4-6-15-7-5-9/h2-8,18H,1H3. The van der Waals surface area contributed by atoms with Gasteiger partial charge in [0, 0.05) is 23.5 Å². The highest BCUT2D eigenvalue weighted by Gasteiger charge is 2.12. The molecule has 20 heavy (non-hydrogen) atoms. The van der Waals surface area contributed by atoms with E-state index in [1.54, 1.807) is 36.7 Å². The molecule has 6 nitrogen and oxygen atoms in total. The van der Waals surface area contributed by atoms with Crippen LogP contribution in [-0.2, 0) is 0 Å². The first-order valence-corrected chi connectivity index (χ1v) is 5.89. The second-order valence-corrected chi connectivity index (χ2v) is 4.05. The van der Waals surface area contributed by atoms with E-state index in [1.165, 1.54) is 13.2 Å². The normalized spacial score (nSPS) is 10.4. The minimum atomic E-state index is 0.0603. The van der Waals surface area contributed by atoms with Crippen LogP contribution in [0, 0.1) is 0 Å². The molecular formula is C14H11N3O3. The van der Waals surface area contributed by atoms with Gasteiger partial charge in [-0.3, -0.25) is 4.98 Å². The summed E-state index contributed by atoms with van der Waals surface area (Å²) in [5.74, 6) is 1.25. The van der Waals surface area contributed by atoms with Crippen LogP contribution >= 0.6 is 0 Å². The molecule has 0 atom stereocenters. The Balaban J connectivity index is 1.98. The number of hydrogen-bond acceptors (Lipinski definition) is 6. The molecule has 0 spiro atoms. The topological polar surface area (TPSA) is 81.3 Å². The molecular weight excluding hydrogens is 258 g/mol. The lowest BCUT2D eigenvalue weighted by Crippen LogP contribution is -1.85. The van der Waals surface area contributed by atoms with E-state index in [2.05, 4.69) is 15.1 Å². The van der Waals surface area contributed by atoms with Gasteiger partial charge >= 0.3 is 0 Å². The molecule has 3 aromatic rings. The maximum Gasteiger partial charge on any atom is 0.258 e. The number of methoxy groups -OCH3 is 1. The molecule has 6 heteroatoms. The summed E-state index contributed by atoms with van der Waals surface area (Å²) in [7, 11) is 1.48. The molecule has 0 bridgehead atoms. The van der Waals surface area contributed by atoms with Gasteiger partial charge in [0.2, 0.25) is 5.82 Å². The number of nitrogens with zero attached hydrogens (tertiary/aromatic N) is 3. The Morgan fingerprint density at radius 1 is 1.10 bits per heavy atom. The summed E-state index contributed by atoms with van der Waals surface area (Å²) in [6, 6.07) is 8.43. The molecule has 1 aromatic carbocycles. The second-order valence-electron chi connectivity index (χ2n) is 4.05. The van der Waals surface area contributed by atoms with E-state index >= 15 is 0 Å². The maximum atomic E-state index is 9.57. The molecule has 0 saturated carbocycles. The molecule has 3 rings (SSSR count). The van der Waals surface area contributed by atoms with Crippen molar-refractivity contribution in [2.24, 2.45) is 0 Å². The lowest BCUT2D eigenvalue weighted by molar-refractivity contribution is 0.373. The third-order valence-corrected chi connectivity index (χ3v) is 2.79. The van der Waals surface area contributed by atoms with Gasteiger partial charge in [0.25, 0.3) is 5.89 Å². The number of phenolic OH excluding ortho intramolecular Hbond substituents is 1. The van der Waals surface area contributed by atoms with Crippen LogP contribution in [0.25, 0.3) is 22.8 Å². The molecule has 0 fully saturated rings. The number of benzene rings is 1. The van der Waals surface area contributed by atoms with Crippen LogP contribution in [0.2, 0.25) is 0 Å². The number of aromatic hydroxyl groups is 1. The Bertz CT molecular complexity index is 726. The summed E-state index contributed by atoms with van der Waals surface area (Å²) in [4.78, 5) is 8.25. The van der Waals surface area contributed by atoms with Crippen molar-refractivity contribution in [3.63, 3.8) is 0 Å². The van der Waals surface area contributed by atoms with Crippen LogP contribution in [0.1, 0.15) is 0 Å². The molecule has 0 unspecified atom stereocenters. The average molecular weight is 269 g/mol. The summed E-state index contributed by atoms with van der Waals surface area (Å²) < 4.78 is 10.3. The quantitative estimate of drug-likeness (QED) is 0.786. The van der Waals surface area contributed by atoms with Crippen LogP contribution in [-0.4, -0.2) is 27.3 Å². The lowest BCUT2D eigenvalue weighted by Gasteiger charge is -2.03. The minimum absolute atomic E-state index is 0.0603. The van der Waals surface area contributed by atoms with Gasteiger partial charge in [-0.05, 0) is 30.3 Å². The van der Waals surface area contributed by atoms with E-state index in [1.807, 2.05) is 0 Å². The van der Waals surface area contributed by atoms with E-state index in [9.17, 15) is 5.11 Å². The van der Waals surface area contributed by atoms with Gasteiger partial charge in [-0.25, -0.2) is 0 Å². The van der Waals surface area contributed by atoms with Crippen LogP contribution in [0.4, 0.5) is 0 Å². The van der Waals surface area contributed by atoms with Crippen molar-refractivity contribution in [3.8, 4) is 34.3 Å². The van der Waals surface area contributed by atoms with E-state index in [4.69, 9.17) is 9.26 Å². The van der Waals surface area contributed by atoms with Crippen molar-refractivity contribution < 1.29 is 14.4 Å². The van der Waals surface area contributed by atoms with Gasteiger partial charge in [-0.1, -0.05) is 5.16 Å². The third-order valence-electron chi connectivity index (χ3n) is 2.79. The lowest BCUT2D eigenvalue weighted by atomic mass is 10.2. The zero-order valence-electron chi connectivity index (χ0n) is 10.6. The highest BCUT2D eigenvalue weighted by molar-refractivity contribution is 5.62. The Kier molecular flexibility index (Phi) is 3.04. The van der Waals surface area contributed by atoms with Crippen LogP contribution in [0.3, 0.4) is 0 Å². The molecule has 1 N–H and O–H groups in total. The maximum absolute atomic E-state index is 9.57. The third kappa shape index (κ3) is 2.18. The molecule has 100 valence electrons. The second kappa shape index (κ2) is 5.00. The van der Waals surface area contributed by atoms with Crippen molar-refractivity contribution in [2.45, 2.75) is 0 Å². The van der Waals surface area contributed by atoms with Gasteiger partial charge in [0.15, 0.2) is 11.5 Å². The zero-order valence-corrected chi connectivity index (χ0v) is 10.6. The first-order chi connectivity index (χ1) is 9.78. The van der Waals surface area contributed by atoms with E-state index in [0.29, 0.717) is 23.0 Å². The zero-order chi connectivity index (χ0) is 13.9. The van der Waals surface area contributed by atoms with Crippen molar-refractivity contribution in [2.75, 3.05) is 7.11 Å². The first kappa shape index (κ1) is 12.2. The molecule has 0 radical (unpaired) electrons. The fourth-order valence-corrected chi connectivity index (χ4v) is 1.77. The Labute approximate surface area is 114 Å². The van der Waals surface area contributed by atoms with Gasteiger partial charge in [0.1, 0.15) is 0 Å². The predicted octanol–water partition coefficient (Wildman–Crippen LogP) is 2.51. The first-order valence-electron chi connectivity index (χ1n) is 5.89. The molecule has 0 saturated heterocycles. The van der Waals surface area contributed by atoms with Crippen molar-refractivity contribution in [3.05, 3.63) is 42.7 Å². The largest absolute Gasteiger partial charge is 0.504 e. The van der Waals surface area contributed by atoms with E-state index in [-0.39, 0.29) is 5.75 Å². The van der Waals surface area contributed by atoms with Crippen molar-refractivity contribution >= 4 is 0 Å². The number of hydrogen-bond donors (Lipinski definition) is 1. The molecule has 0 aliphatic rings. The van der Waals surface area contributed by atoms with Crippen LogP contribution in [0.15, 0.2) is 47.2 Å². The monoisotopic (exact) mass is 269 g/mol.